The van der Waals surface area contributed by atoms with Gasteiger partial charge in [-0.25, -0.2) is 8.78 Å². The summed E-state index contributed by atoms with van der Waals surface area (Å²) < 4.78 is 41.6. The first kappa shape index (κ1) is 21.0. The Hall–Kier alpha value is -3.83. The summed E-state index contributed by atoms with van der Waals surface area (Å²) in [6.07, 6.45) is 7.70. The molecule has 0 bridgehead atoms. The molecule has 6 nitrogen and oxygen atoms in total. The number of benzene rings is 2. The highest BCUT2D eigenvalue weighted by Gasteiger charge is 2.27. The monoisotopic (exact) mass is 446 g/mol. The van der Waals surface area contributed by atoms with Gasteiger partial charge in [-0.05, 0) is 31.3 Å². The van der Waals surface area contributed by atoms with E-state index in [0.29, 0.717) is 21.7 Å². The number of nitrogens with one attached hydrogen (secondary N) is 1. The number of rotatable bonds is 4. The second-order valence-electron chi connectivity index (χ2n) is 7.86. The third-order valence-electron chi connectivity index (χ3n) is 5.92. The quantitative estimate of drug-likeness (QED) is 0.473. The zero-order valence-electron chi connectivity index (χ0n) is 18.0. The van der Waals surface area contributed by atoms with E-state index in [9.17, 15) is 4.39 Å². The zero-order chi connectivity index (χ0) is 23.1. The van der Waals surface area contributed by atoms with Gasteiger partial charge < -0.3 is 14.8 Å². The van der Waals surface area contributed by atoms with E-state index in [4.69, 9.17) is 15.9 Å². The van der Waals surface area contributed by atoms with Gasteiger partial charge in [0.1, 0.15) is 23.1 Å². The summed E-state index contributed by atoms with van der Waals surface area (Å²) in [4.78, 5) is 12.9. The average molecular weight is 446 g/mol. The smallest absolute Gasteiger partial charge is 0.320 e. The number of halogens is 2. The van der Waals surface area contributed by atoms with Crippen LogP contribution in [-0.2, 0) is 0 Å². The van der Waals surface area contributed by atoms with E-state index >= 15 is 4.39 Å². The molecule has 3 heterocycles. The van der Waals surface area contributed by atoms with Crippen LogP contribution in [0.1, 0.15) is 18.9 Å². The molecule has 2 aromatic heterocycles. The van der Waals surface area contributed by atoms with Gasteiger partial charge in [-0.1, -0.05) is 30.2 Å². The molecule has 166 valence electrons. The van der Waals surface area contributed by atoms with Crippen LogP contribution in [0.2, 0.25) is 0 Å². The van der Waals surface area contributed by atoms with Crippen LogP contribution >= 0.6 is 0 Å². The highest BCUT2D eigenvalue weighted by molar-refractivity contribution is 6.01. The topological polar surface area (TPSA) is 69.2 Å². The lowest BCUT2D eigenvalue weighted by Gasteiger charge is -2.18. The summed E-state index contributed by atoms with van der Waals surface area (Å²) in [5.41, 5.74) is 0.415. The van der Waals surface area contributed by atoms with Crippen LogP contribution in [0.3, 0.4) is 0 Å². The van der Waals surface area contributed by atoms with Gasteiger partial charge in [-0.3, -0.25) is 4.98 Å². The Morgan fingerprint density at radius 3 is 2.76 bits per heavy atom. The fourth-order valence-corrected chi connectivity index (χ4v) is 4.21. The number of ether oxygens (including phenoxy) is 2. The van der Waals surface area contributed by atoms with Crippen molar-refractivity contribution >= 4 is 21.7 Å². The lowest BCUT2D eigenvalue weighted by atomic mass is 9.96. The van der Waals surface area contributed by atoms with Crippen LogP contribution in [0.5, 0.6) is 11.9 Å². The van der Waals surface area contributed by atoms with Crippen LogP contribution in [0.4, 0.5) is 8.78 Å². The highest BCUT2D eigenvalue weighted by Crippen LogP contribution is 2.36. The molecule has 0 amide bonds. The van der Waals surface area contributed by atoms with Crippen molar-refractivity contribution in [3.05, 3.63) is 53.7 Å². The minimum Gasteiger partial charge on any atom is -0.472 e. The highest BCUT2D eigenvalue weighted by atomic mass is 19.1. The largest absolute Gasteiger partial charge is 0.472 e. The van der Waals surface area contributed by atoms with Gasteiger partial charge in [-0.15, -0.1) is 6.42 Å². The van der Waals surface area contributed by atoms with Crippen molar-refractivity contribution in [3.63, 3.8) is 0 Å². The summed E-state index contributed by atoms with van der Waals surface area (Å²) in [6, 6.07) is 8.16. The third kappa shape index (κ3) is 3.51. The van der Waals surface area contributed by atoms with E-state index in [1.807, 2.05) is 6.92 Å². The molecule has 33 heavy (non-hydrogen) atoms. The first-order chi connectivity index (χ1) is 16.0. The molecule has 1 N–H and O–H groups in total. The fourth-order valence-electron chi connectivity index (χ4n) is 4.21. The Labute approximate surface area is 189 Å². The van der Waals surface area contributed by atoms with Crippen LogP contribution < -0.4 is 14.8 Å². The van der Waals surface area contributed by atoms with Crippen LogP contribution in [0, 0.1) is 24.0 Å². The van der Waals surface area contributed by atoms with Gasteiger partial charge in [0.05, 0.1) is 18.1 Å². The van der Waals surface area contributed by atoms with Crippen molar-refractivity contribution in [1.29, 1.82) is 0 Å². The lowest BCUT2D eigenvalue weighted by molar-refractivity contribution is 0.185. The molecule has 2 aromatic carbocycles. The third-order valence-corrected chi connectivity index (χ3v) is 5.92. The molecule has 0 radical (unpaired) electrons. The molecule has 2 unspecified atom stereocenters. The zero-order valence-corrected chi connectivity index (χ0v) is 18.0. The van der Waals surface area contributed by atoms with Gasteiger partial charge in [-0.2, -0.15) is 9.97 Å². The Balaban J connectivity index is 1.73. The van der Waals surface area contributed by atoms with E-state index in [1.54, 1.807) is 24.3 Å². The number of nitrogens with zero attached hydrogens (tertiary/aromatic N) is 3. The van der Waals surface area contributed by atoms with Gasteiger partial charge >= 0.3 is 6.01 Å². The minimum atomic E-state index is -0.699. The molecule has 0 spiro atoms. The van der Waals surface area contributed by atoms with E-state index < -0.39 is 11.6 Å². The lowest BCUT2D eigenvalue weighted by Crippen LogP contribution is -2.31. The number of fused-ring (bicyclic) bond motifs is 2. The number of terminal acetylenes is 1. The molecular weight excluding hydrogens is 426 g/mol. The Kier molecular flexibility index (Phi) is 5.27. The first-order valence-electron chi connectivity index (χ1n) is 10.5. The number of hydrogen-bond acceptors (Lipinski definition) is 6. The second-order valence-corrected chi connectivity index (χ2v) is 7.86. The first-order valence-corrected chi connectivity index (χ1v) is 10.5. The molecule has 5 rings (SSSR count). The summed E-state index contributed by atoms with van der Waals surface area (Å²) in [6.45, 7) is 2.83. The number of aromatic nitrogens is 3. The second kappa shape index (κ2) is 8.26. The standard InChI is InChI=1S/C25H20F2N4O2/c1-4-15-18(26)9-8-14-6-5-7-16(20(14)15)22-21(27)23-17(12-29-22)24(31-25(30-23)32-3)33-19-10-11-28-13(19)2/h1,5-9,12-13,19,28H,10-11H2,2-3H3. The molecule has 2 atom stereocenters. The van der Waals surface area contributed by atoms with E-state index in [-0.39, 0.29) is 40.8 Å². The number of hydrogen-bond donors (Lipinski definition) is 1. The van der Waals surface area contributed by atoms with Crippen LogP contribution in [-0.4, -0.2) is 40.8 Å². The molecule has 1 fully saturated rings. The van der Waals surface area contributed by atoms with E-state index in [1.165, 1.54) is 19.4 Å². The maximum absolute atomic E-state index is 15.9. The number of pyridine rings is 1. The maximum atomic E-state index is 15.9. The molecule has 1 saturated heterocycles. The summed E-state index contributed by atoms with van der Waals surface area (Å²) in [7, 11) is 1.40. The molecule has 0 aliphatic carbocycles. The van der Waals surface area contributed by atoms with Crippen molar-refractivity contribution in [1.82, 2.24) is 20.3 Å². The van der Waals surface area contributed by atoms with Crippen molar-refractivity contribution < 1.29 is 18.3 Å². The molecule has 0 saturated carbocycles. The van der Waals surface area contributed by atoms with Gasteiger partial charge in [0.25, 0.3) is 0 Å². The van der Waals surface area contributed by atoms with Crippen molar-refractivity contribution in [3.8, 4) is 35.5 Å². The molecule has 1 aliphatic rings. The van der Waals surface area contributed by atoms with Gasteiger partial charge in [0.2, 0.25) is 5.88 Å². The van der Waals surface area contributed by atoms with E-state index in [0.717, 1.165) is 13.0 Å². The Morgan fingerprint density at radius 2 is 2.03 bits per heavy atom. The van der Waals surface area contributed by atoms with Crippen LogP contribution in [0.15, 0.2) is 36.5 Å². The molecule has 4 aromatic rings. The Morgan fingerprint density at radius 1 is 1.18 bits per heavy atom. The molecule has 8 heteroatoms. The normalized spacial score (nSPS) is 17.9. The van der Waals surface area contributed by atoms with Crippen molar-refractivity contribution in [2.24, 2.45) is 0 Å². The minimum absolute atomic E-state index is 0.00203. The summed E-state index contributed by atoms with van der Waals surface area (Å²) in [5, 5.41) is 4.71. The van der Waals surface area contributed by atoms with Gasteiger partial charge in [0.15, 0.2) is 5.82 Å². The molecular formula is C25H20F2N4O2. The SMILES string of the molecule is C#Cc1c(F)ccc2cccc(-c3ncc4c(OC5CCNC5C)nc(OC)nc4c3F)c12. The fraction of sp³-hybridized carbons (Fsp3) is 0.240. The maximum Gasteiger partial charge on any atom is 0.320 e. The molecule has 1 aliphatic heterocycles. The summed E-state index contributed by atoms with van der Waals surface area (Å²) in [5.74, 6) is 1.32. The van der Waals surface area contributed by atoms with Gasteiger partial charge in [0, 0.05) is 23.2 Å². The summed E-state index contributed by atoms with van der Waals surface area (Å²) >= 11 is 0. The number of methoxy groups -OCH3 is 1. The Bertz CT molecular complexity index is 1430. The van der Waals surface area contributed by atoms with Crippen molar-refractivity contribution in [2.75, 3.05) is 13.7 Å². The van der Waals surface area contributed by atoms with Crippen molar-refractivity contribution in [2.45, 2.75) is 25.5 Å². The predicted octanol–water partition coefficient (Wildman–Crippen LogP) is 4.24. The van der Waals surface area contributed by atoms with E-state index in [2.05, 4.69) is 26.2 Å². The average Bonchev–Trinajstić information content (AvgIpc) is 3.23. The predicted molar refractivity (Wildman–Crippen MR) is 121 cm³/mol. The van der Waals surface area contributed by atoms with Crippen LogP contribution in [0.25, 0.3) is 32.9 Å².